The number of rotatable bonds is 7. The van der Waals surface area contributed by atoms with Crippen LogP contribution in [0, 0.1) is 0 Å². The lowest BCUT2D eigenvalue weighted by molar-refractivity contribution is -0.0276. The highest BCUT2D eigenvalue weighted by Gasteiger charge is 2.23. The van der Waals surface area contributed by atoms with Crippen LogP contribution >= 0.6 is 15.9 Å². The molecule has 3 rings (SSSR count). The molecule has 1 heterocycles. The lowest BCUT2D eigenvalue weighted by Crippen LogP contribution is -2.47. The highest BCUT2D eigenvalue weighted by molar-refractivity contribution is 9.10. The molecule has 0 radical (unpaired) electrons. The summed E-state index contributed by atoms with van der Waals surface area (Å²) in [5.41, 5.74) is 1.24. The van der Waals surface area contributed by atoms with E-state index in [2.05, 4.69) is 37.7 Å². The number of ether oxygens (including phenoxy) is 2. The van der Waals surface area contributed by atoms with Gasteiger partial charge in [0, 0.05) is 26.2 Å². The van der Waals surface area contributed by atoms with Crippen LogP contribution in [0.4, 0.5) is 0 Å². The van der Waals surface area contributed by atoms with Gasteiger partial charge in [0.1, 0.15) is 5.75 Å². The normalized spacial score (nSPS) is 18.4. The predicted molar refractivity (Wildman–Crippen MR) is 107 cm³/mol. The molecular formula is C19H23BrN2O4S. The molecule has 1 unspecified atom stereocenters. The van der Waals surface area contributed by atoms with Crippen molar-refractivity contribution in [1.29, 1.82) is 0 Å². The van der Waals surface area contributed by atoms with Crippen LogP contribution in [0.25, 0.3) is 0 Å². The second-order valence-electron chi connectivity index (χ2n) is 6.36. The van der Waals surface area contributed by atoms with Gasteiger partial charge in [-0.15, -0.1) is 0 Å². The summed E-state index contributed by atoms with van der Waals surface area (Å²) < 4.78 is 39.2. The van der Waals surface area contributed by atoms with E-state index in [1.165, 1.54) is 24.8 Å². The average molecular weight is 455 g/mol. The van der Waals surface area contributed by atoms with Crippen molar-refractivity contribution in [3.05, 3.63) is 58.6 Å². The van der Waals surface area contributed by atoms with E-state index in [0.29, 0.717) is 23.4 Å². The molecule has 0 bridgehead atoms. The van der Waals surface area contributed by atoms with Crippen LogP contribution in [0.5, 0.6) is 5.75 Å². The predicted octanol–water partition coefficient (Wildman–Crippen LogP) is 2.64. The first-order chi connectivity index (χ1) is 13.0. The molecule has 1 atom stereocenters. The smallest absolute Gasteiger partial charge is 0.240 e. The number of morpholine rings is 1. The lowest BCUT2D eigenvalue weighted by Gasteiger charge is -2.33. The van der Waals surface area contributed by atoms with Gasteiger partial charge in [0.2, 0.25) is 10.0 Å². The highest BCUT2D eigenvalue weighted by atomic mass is 79.9. The molecule has 8 heteroatoms. The van der Waals surface area contributed by atoms with Crippen LogP contribution in [-0.2, 0) is 21.3 Å². The average Bonchev–Trinajstić information content (AvgIpc) is 2.67. The minimum Gasteiger partial charge on any atom is -0.496 e. The monoisotopic (exact) mass is 454 g/mol. The summed E-state index contributed by atoms with van der Waals surface area (Å²) in [6.45, 7) is 3.18. The molecule has 27 heavy (non-hydrogen) atoms. The zero-order valence-electron chi connectivity index (χ0n) is 15.1. The number of hydrogen-bond acceptors (Lipinski definition) is 5. The first-order valence-corrected chi connectivity index (χ1v) is 11.0. The summed E-state index contributed by atoms with van der Waals surface area (Å²) in [5.74, 6) is 0.584. The molecule has 0 aromatic heterocycles. The van der Waals surface area contributed by atoms with E-state index >= 15 is 0 Å². The molecule has 0 saturated carbocycles. The number of sulfonamides is 1. The molecule has 0 aliphatic carbocycles. The number of nitrogens with one attached hydrogen (secondary N) is 1. The van der Waals surface area contributed by atoms with E-state index < -0.39 is 10.0 Å². The van der Waals surface area contributed by atoms with Gasteiger partial charge in [-0.05, 0) is 39.7 Å². The van der Waals surface area contributed by atoms with E-state index in [1.807, 2.05) is 18.2 Å². The molecule has 1 aliphatic heterocycles. The Labute approximate surface area is 168 Å². The molecule has 1 saturated heterocycles. The van der Waals surface area contributed by atoms with Gasteiger partial charge < -0.3 is 9.47 Å². The molecule has 0 amide bonds. The Balaban J connectivity index is 1.57. The number of methoxy groups -OCH3 is 1. The third kappa shape index (κ3) is 5.52. The van der Waals surface area contributed by atoms with Gasteiger partial charge in [0.25, 0.3) is 0 Å². The summed E-state index contributed by atoms with van der Waals surface area (Å²) in [6, 6.07) is 14.9. The Bertz CT molecular complexity index is 861. The lowest BCUT2D eigenvalue weighted by atomic mass is 10.2. The van der Waals surface area contributed by atoms with Gasteiger partial charge in [-0.3, -0.25) is 4.90 Å². The summed E-state index contributed by atoms with van der Waals surface area (Å²) in [7, 11) is -2.08. The number of hydrogen-bond donors (Lipinski definition) is 1. The first kappa shape index (κ1) is 20.3. The summed E-state index contributed by atoms with van der Waals surface area (Å²) in [5, 5.41) is 0. The molecular weight excluding hydrogens is 432 g/mol. The minimum atomic E-state index is -3.62. The zero-order valence-corrected chi connectivity index (χ0v) is 17.5. The fraction of sp³-hybridized carbons (Fsp3) is 0.368. The topological polar surface area (TPSA) is 67.9 Å². The van der Waals surface area contributed by atoms with Crippen molar-refractivity contribution in [3.63, 3.8) is 0 Å². The van der Waals surface area contributed by atoms with Gasteiger partial charge in [0.05, 0.1) is 29.2 Å². The van der Waals surface area contributed by atoms with Crippen LogP contribution in [0.3, 0.4) is 0 Å². The standard InChI is InChI=1S/C19H23BrN2O4S/c1-25-19-8-7-17(11-18(19)20)27(23,24)21-12-16-14-22(9-10-26-16)13-15-5-3-2-4-6-15/h2-8,11,16,21H,9-10,12-14H2,1H3. The van der Waals surface area contributed by atoms with Crippen molar-refractivity contribution in [1.82, 2.24) is 9.62 Å². The summed E-state index contributed by atoms with van der Waals surface area (Å²) in [4.78, 5) is 2.47. The quantitative estimate of drug-likeness (QED) is 0.696. The van der Waals surface area contributed by atoms with Crippen molar-refractivity contribution in [2.24, 2.45) is 0 Å². The zero-order chi connectivity index (χ0) is 19.3. The second kappa shape index (κ2) is 9.16. The van der Waals surface area contributed by atoms with Crippen molar-refractivity contribution in [2.75, 3.05) is 33.4 Å². The summed E-state index contributed by atoms with van der Waals surface area (Å²) in [6.07, 6.45) is -0.182. The van der Waals surface area contributed by atoms with Gasteiger partial charge in [-0.25, -0.2) is 13.1 Å². The molecule has 1 aliphatic rings. The van der Waals surface area contributed by atoms with Gasteiger partial charge in [-0.2, -0.15) is 0 Å². The fourth-order valence-electron chi connectivity index (χ4n) is 2.99. The van der Waals surface area contributed by atoms with Crippen molar-refractivity contribution in [2.45, 2.75) is 17.5 Å². The van der Waals surface area contributed by atoms with Crippen LogP contribution in [0.2, 0.25) is 0 Å². The third-order valence-corrected chi connectivity index (χ3v) is 6.45. The van der Waals surface area contributed by atoms with Crippen molar-refractivity contribution < 1.29 is 17.9 Å². The van der Waals surface area contributed by atoms with Crippen LogP contribution in [0.1, 0.15) is 5.56 Å². The van der Waals surface area contributed by atoms with E-state index in [-0.39, 0.29) is 17.5 Å². The minimum absolute atomic E-state index is 0.182. The number of halogens is 1. The number of benzene rings is 2. The first-order valence-electron chi connectivity index (χ1n) is 8.69. The highest BCUT2D eigenvalue weighted by Crippen LogP contribution is 2.27. The maximum atomic E-state index is 12.6. The van der Waals surface area contributed by atoms with Gasteiger partial charge >= 0.3 is 0 Å². The number of nitrogens with zero attached hydrogens (tertiary/aromatic N) is 1. The van der Waals surface area contributed by atoms with Gasteiger partial charge in [-0.1, -0.05) is 30.3 Å². The maximum Gasteiger partial charge on any atom is 0.240 e. The Morgan fingerprint density at radius 3 is 2.74 bits per heavy atom. The van der Waals surface area contributed by atoms with Crippen LogP contribution in [0.15, 0.2) is 57.9 Å². The van der Waals surface area contributed by atoms with E-state index in [9.17, 15) is 8.42 Å². The van der Waals surface area contributed by atoms with Crippen LogP contribution in [-0.4, -0.2) is 52.8 Å². The largest absolute Gasteiger partial charge is 0.496 e. The molecule has 1 N–H and O–H groups in total. The molecule has 6 nitrogen and oxygen atoms in total. The van der Waals surface area contributed by atoms with Crippen molar-refractivity contribution >= 4 is 26.0 Å². The molecule has 0 spiro atoms. The van der Waals surface area contributed by atoms with Gasteiger partial charge in [0.15, 0.2) is 0 Å². The Hall–Kier alpha value is -1.45. The van der Waals surface area contributed by atoms with Crippen LogP contribution < -0.4 is 9.46 Å². The molecule has 2 aromatic carbocycles. The second-order valence-corrected chi connectivity index (χ2v) is 8.98. The third-order valence-electron chi connectivity index (χ3n) is 4.41. The van der Waals surface area contributed by atoms with Crippen molar-refractivity contribution in [3.8, 4) is 5.75 Å². The summed E-state index contributed by atoms with van der Waals surface area (Å²) >= 11 is 3.32. The maximum absolute atomic E-state index is 12.6. The molecule has 2 aromatic rings. The van der Waals surface area contributed by atoms with E-state index in [1.54, 1.807) is 6.07 Å². The Kier molecular flexibility index (Phi) is 6.88. The SMILES string of the molecule is COc1ccc(S(=O)(=O)NCC2CN(Cc3ccccc3)CCO2)cc1Br. The molecule has 1 fully saturated rings. The molecule has 146 valence electrons. The fourth-order valence-corrected chi connectivity index (χ4v) is 4.77. The van der Waals surface area contributed by atoms with E-state index in [0.717, 1.165) is 13.1 Å². The van der Waals surface area contributed by atoms with E-state index in [4.69, 9.17) is 9.47 Å². The Morgan fingerprint density at radius 1 is 1.26 bits per heavy atom. The Morgan fingerprint density at radius 2 is 2.04 bits per heavy atom.